The summed E-state index contributed by atoms with van der Waals surface area (Å²) < 4.78 is 26.7. The van der Waals surface area contributed by atoms with E-state index in [1.54, 1.807) is 55.5 Å². The largest absolute Gasteiger partial charge is 0.271 e. The zero-order valence-corrected chi connectivity index (χ0v) is 13.3. The van der Waals surface area contributed by atoms with Crippen LogP contribution >= 0.6 is 0 Å². The summed E-state index contributed by atoms with van der Waals surface area (Å²) in [6.45, 7) is 6.76. The maximum Gasteiger partial charge on any atom is 0.271 e. The van der Waals surface area contributed by atoms with Crippen molar-refractivity contribution in [3.63, 3.8) is 0 Å². The van der Waals surface area contributed by atoms with Crippen LogP contribution in [0, 0.1) is 6.92 Å². The normalized spacial score (nSPS) is 11.0. The third kappa shape index (κ3) is 2.94. The van der Waals surface area contributed by atoms with Crippen LogP contribution in [0.3, 0.4) is 0 Å². The van der Waals surface area contributed by atoms with Crippen LogP contribution in [0.4, 0.5) is 5.69 Å². The molecule has 4 nitrogen and oxygen atoms in total. The average molecular weight is 315 g/mol. The minimum absolute atomic E-state index is 0.105. The van der Waals surface area contributed by atoms with Gasteiger partial charge in [0.1, 0.15) is 0 Å². The lowest BCUT2D eigenvalue weighted by Crippen LogP contribution is -2.37. The van der Waals surface area contributed by atoms with Crippen molar-refractivity contribution in [1.82, 2.24) is 0 Å². The van der Waals surface area contributed by atoms with Crippen molar-refractivity contribution >= 4 is 21.6 Å². The number of hydrogen-bond acceptors (Lipinski definition) is 3. The summed E-state index contributed by atoms with van der Waals surface area (Å²) in [6.07, 6.45) is 0. The fraction of sp³-hybridized carbons (Fsp3) is 0.118. The lowest BCUT2D eigenvalue weighted by atomic mass is 10.2. The number of aryl methyl sites for hydroxylation is 1. The quantitative estimate of drug-likeness (QED) is 0.814. The van der Waals surface area contributed by atoms with Gasteiger partial charge in [0.25, 0.3) is 15.9 Å². The number of rotatable bonds is 4. The molecule has 0 N–H and O–H groups in total. The summed E-state index contributed by atoms with van der Waals surface area (Å²) in [5.74, 6) is -0.644. The van der Waals surface area contributed by atoms with Crippen LogP contribution in [0.25, 0.3) is 0 Å². The van der Waals surface area contributed by atoms with Gasteiger partial charge in [0.2, 0.25) is 0 Å². The zero-order chi connectivity index (χ0) is 16.3. The molecule has 114 valence electrons. The molecule has 0 unspecified atom stereocenters. The molecule has 2 aromatic rings. The smallest absolute Gasteiger partial charge is 0.268 e. The Kier molecular flexibility index (Phi) is 4.47. The van der Waals surface area contributed by atoms with Crippen molar-refractivity contribution in [2.75, 3.05) is 4.31 Å². The van der Waals surface area contributed by atoms with Gasteiger partial charge in [0.15, 0.2) is 0 Å². The van der Waals surface area contributed by atoms with Gasteiger partial charge in [-0.1, -0.05) is 43.0 Å². The van der Waals surface area contributed by atoms with E-state index in [1.807, 2.05) is 0 Å². The molecule has 1 amide bonds. The van der Waals surface area contributed by atoms with Crippen LogP contribution in [0.5, 0.6) is 0 Å². The topological polar surface area (TPSA) is 54.5 Å². The molecule has 22 heavy (non-hydrogen) atoms. The fourth-order valence-electron chi connectivity index (χ4n) is 2.05. The Bertz CT molecular complexity index is 811. The number of hydrogen-bond donors (Lipinski definition) is 0. The van der Waals surface area contributed by atoms with Gasteiger partial charge in [0, 0.05) is 5.57 Å². The van der Waals surface area contributed by atoms with Gasteiger partial charge in [0.05, 0.1) is 10.6 Å². The SMILES string of the molecule is C=C(C)C(=O)N(c1ccccc1)S(=O)(=O)c1ccccc1C. The number of amides is 1. The van der Waals surface area contributed by atoms with Gasteiger partial charge in [-0.25, -0.2) is 8.42 Å². The number of benzene rings is 2. The lowest BCUT2D eigenvalue weighted by molar-refractivity contribution is -0.113. The van der Waals surface area contributed by atoms with Crippen molar-refractivity contribution < 1.29 is 13.2 Å². The molecule has 0 fully saturated rings. The van der Waals surface area contributed by atoms with Crippen LogP contribution in [-0.4, -0.2) is 14.3 Å². The average Bonchev–Trinajstić information content (AvgIpc) is 2.48. The van der Waals surface area contributed by atoms with E-state index >= 15 is 0 Å². The summed E-state index contributed by atoms with van der Waals surface area (Å²) in [4.78, 5) is 12.5. The molecule has 0 aromatic heterocycles. The molecule has 0 saturated carbocycles. The van der Waals surface area contributed by atoms with Crippen molar-refractivity contribution in [1.29, 1.82) is 0 Å². The second kappa shape index (κ2) is 6.15. The summed E-state index contributed by atoms with van der Waals surface area (Å²) in [5, 5.41) is 0. The monoisotopic (exact) mass is 315 g/mol. The van der Waals surface area contributed by atoms with Crippen LogP contribution < -0.4 is 4.31 Å². The van der Waals surface area contributed by atoms with E-state index in [2.05, 4.69) is 6.58 Å². The molecule has 0 radical (unpaired) electrons. The zero-order valence-electron chi connectivity index (χ0n) is 12.5. The maximum absolute atomic E-state index is 13.0. The molecule has 0 aliphatic rings. The molecule has 0 aliphatic carbocycles. The molecule has 0 bridgehead atoms. The first-order valence-electron chi connectivity index (χ1n) is 6.71. The Hall–Kier alpha value is -2.40. The fourth-order valence-corrected chi connectivity index (χ4v) is 3.74. The third-order valence-electron chi connectivity index (χ3n) is 3.15. The predicted octanol–water partition coefficient (Wildman–Crippen LogP) is 3.29. The Labute approximate surface area is 130 Å². The maximum atomic E-state index is 13.0. The molecular formula is C17H17NO3S. The highest BCUT2D eigenvalue weighted by Gasteiger charge is 2.32. The van der Waals surface area contributed by atoms with Crippen molar-refractivity contribution in [3.8, 4) is 0 Å². The number of carbonyl (C=O) groups excluding carboxylic acids is 1. The summed E-state index contributed by atoms with van der Waals surface area (Å²) in [6, 6.07) is 14.9. The highest BCUT2D eigenvalue weighted by atomic mass is 32.2. The van der Waals surface area contributed by atoms with Gasteiger partial charge in [-0.15, -0.1) is 0 Å². The van der Waals surface area contributed by atoms with E-state index < -0.39 is 15.9 Å². The highest BCUT2D eigenvalue weighted by molar-refractivity contribution is 7.93. The Balaban J connectivity index is 2.67. The Morgan fingerprint density at radius 2 is 1.55 bits per heavy atom. The third-order valence-corrected chi connectivity index (χ3v) is 5.02. The first kappa shape index (κ1) is 16.0. The molecule has 0 heterocycles. The summed E-state index contributed by atoms with van der Waals surface area (Å²) in [7, 11) is -4.01. The van der Waals surface area contributed by atoms with Crippen LogP contribution in [0.15, 0.2) is 71.6 Å². The summed E-state index contributed by atoms with van der Waals surface area (Å²) >= 11 is 0. The molecule has 0 atom stereocenters. The number of anilines is 1. The standard InChI is InChI=1S/C17H17NO3S/c1-13(2)17(19)18(15-10-5-4-6-11-15)22(20,21)16-12-8-7-9-14(16)3/h4-12H,1H2,2-3H3. The van der Waals surface area contributed by atoms with E-state index in [9.17, 15) is 13.2 Å². The second-order valence-electron chi connectivity index (χ2n) is 4.96. The molecule has 5 heteroatoms. The van der Waals surface area contributed by atoms with Crippen LogP contribution in [0.1, 0.15) is 12.5 Å². The van der Waals surface area contributed by atoms with Crippen molar-refractivity contribution in [2.24, 2.45) is 0 Å². The van der Waals surface area contributed by atoms with E-state index in [0.29, 0.717) is 11.3 Å². The van der Waals surface area contributed by atoms with Crippen molar-refractivity contribution in [2.45, 2.75) is 18.7 Å². The minimum atomic E-state index is -4.01. The molecule has 2 aromatic carbocycles. The number of carbonyl (C=O) groups is 1. The molecule has 0 saturated heterocycles. The number of para-hydroxylation sites is 1. The van der Waals surface area contributed by atoms with Crippen LogP contribution in [0.2, 0.25) is 0 Å². The Morgan fingerprint density at radius 3 is 2.09 bits per heavy atom. The molecule has 0 spiro atoms. The van der Waals surface area contributed by atoms with Crippen LogP contribution in [-0.2, 0) is 14.8 Å². The number of sulfonamides is 1. The van der Waals surface area contributed by atoms with E-state index in [0.717, 1.165) is 4.31 Å². The van der Waals surface area contributed by atoms with Gasteiger partial charge >= 0.3 is 0 Å². The lowest BCUT2D eigenvalue weighted by Gasteiger charge is -2.23. The van der Waals surface area contributed by atoms with Gasteiger partial charge in [-0.2, -0.15) is 4.31 Å². The van der Waals surface area contributed by atoms with Gasteiger partial charge < -0.3 is 0 Å². The number of nitrogens with zero attached hydrogens (tertiary/aromatic N) is 1. The highest BCUT2D eigenvalue weighted by Crippen LogP contribution is 2.26. The van der Waals surface area contributed by atoms with E-state index in [1.165, 1.54) is 13.0 Å². The van der Waals surface area contributed by atoms with E-state index in [-0.39, 0.29) is 10.5 Å². The predicted molar refractivity (Wildman–Crippen MR) is 87.1 cm³/mol. The molecule has 2 rings (SSSR count). The summed E-state index contributed by atoms with van der Waals surface area (Å²) in [5.41, 5.74) is 1.03. The minimum Gasteiger partial charge on any atom is -0.268 e. The molecule has 0 aliphatic heterocycles. The molecular weight excluding hydrogens is 298 g/mol. The van der Waals surface area contributed by atoms with E-state index in [4.69, 9.17) is 0 Å². The Morgan fingerprint density at radius 1 is 1.00 bits per heavy atom. The van der Waals surface area contributed by atoms with Gasteiger partial charge in [-0.3, -0.25) is 4.79 Å². The van der Waals surface area contributed by atoms with Crippen molar-refractivity contribution in [3.05, 3.63) is 72.3 Å². The first-order valence-corrected chi connectivity index (χ1v) is 8.15. The first-order chi connectivity index (χ1) is 10.4. The van der Waals surface area contributed by atoms with Gasteiger partial charge in [-0.05, 0) is 37.6 Å². The second-order valence-corrected chi connectivity index (χ2v) is 6.71.